The summed E-state index contributed by atoms with van der Waals surface area (Å²) in [6, 6.07) is 0. The molecule has 86 valence electrons. The molecule has 0 aromatic heterocycles. The van der Waals surface area contributed by atoms with Crippen LogP contribution in [0.4, 0.5) is 0 Å². The Bertz CT molecular complexity index is 254. The van der Waals surface area contributed by atoms with Crippen LogP contribution in [0.25, 0.3) is 0 Å². The zero-order chi connectivity index (χ0) is 11.8. The van der Waals surface area contributed by atoms with Crippen molar-refractivity contribution in [2.45, 2.75) is 6.92 Å². The van der Waals surface area contributed by atoms with E-state index >= 15 is 0 Å². The van der Waals surface area contributed by atoms with Crippen LogP contribution in [0.15, 0.2) is 0 Å². The van der Waals surface area contributed by atoms with E-state index in [2.05, 4.69) is 10.6 Å². The molecule has 0 bridgehead atoms. The number of amides is 2. The van der Waals surface area contributed by atoms with Crippen molar-refractivity contribution < 1.29 is 19.5 Å². The van der Waals surface area contributed by atoms with Gasteiger partial charge in [-0.3, -0.25) is 14.4 Å². The van der Waals surface area contributed by atoms with Crippen LogP contribution in [0.2, 0.25) is 0 Å². The molecule has 5 N–H and O–H groups in total. The molecule has 0 saturated heterocycles. The smallest absolute Gasteiger partial charge is 0.308 e. The Labute approximate surface area is 87.0 Å². The van der Waals surface area contributed by atoms with Gasteiger partial charge in [0.2, 0.25) is 11.8 Å². The van der Waals surface area contributed by atoms with Crippen molar-refractivity contribution in [2.75, 3.05) is 19.6 Å². The molecule has 0 spiro atoms. The molecule has 2 amide bonds. The first-order chi connectivity index (χ1) is 6.97. The monoisotopic (exact) mass is 217 g/mol. The van der Waals surface area contributed by atoms with Crippen molar-refractivity contribution in [2.24, 2.45) is 11.7 Å². The molecule has 0 saturated carbocycles. The second-order valence-corrected chi connectivity index (χ2v) is 3.02. The molecule has 7 heteroatoms. The summed E-state index contributed by atoms with van der Waals surface area (Å²) in [5, 5.41) is 13.1. The van der Waals surface area contributed by atoms with Gasteiger partial charge in [0.15, 0.2) is 0 Å². The van der Waals surface area contributed by atoms with Crippen molar-refractivity contribution in [3.8, 4) is 0 Å². The Balaban J connectivity index is 3.66. The minimum absolute atomic E-state index is 0.0344. The van der Waals surface area contributed by atoms with Crippen LogP contribution in [0.5, 0.6) is 0 Å². The summed E-state index contributed by atoms with van der Waals surface area (Å²) < 4.78 is 0. The number of hydrogen-bond acceptors (Lipinski definition) is 4. The van der Waals surface area contributed by atoms with Crippen LogP contribution in [-0.2, 0) is 14.4 Å². The number of aliphatic carboxylic acids is 1. The first-order valence-electron chi connectivity index (χ1n) is 4.43. The molecule has 0 aromatic rings. The standard InChI is InChI=1S/C8H15N3O4/c1-5(8(14)15)3-10-7(13)4-11-6(12)2-9/h5H,2-4,9H2,1H3,(H,10,13)(H,11,12)(H,14,15). The van der Waals surface area contributed by atoms with E-state index in [0.717, 1.165) is 0 Å². The maximum absolute atomic E-state index is 11.0. The summed E-state index contributed by atoms with van der Waals surface area (Å²) in [4.78, 5) is 32.1. The highest BCUT2D eigenvalue weighted by atomic mass is 16.4. The Hall–Kier alpha value is -1.63. The molecule has 1 atom stereocenters. The Kier molecular flexibility index (Phi) is 6.03. The van der Waals surface area contributed by atoms with Crippen LogP contribution in [0, 0.1) is 5.92 Å². The van der Waals surface area contributed by atoms with Crippen molar-refractivity contribution in [1.29, 1.82) is 0 Å². The molecule has 7 nitrogen and oxygen atoms in total. The number of rotatable bonds is 6. The van der Waals surface area contributed by atoms with Crippen LogP contribution in [-0.4, -0.2) is 42.5 Å². The molecule has 0 aliphatic carbocycles. The van der Waals surface area contributed by atoms with Crippen LogP contribution in [0.1, 0.15) is 6.92 Å². The third-order valence-electron chi connectivity index (χ3n) is 1.66. The molecule has 15 heavy (non-hydrogen) atoms. The number of carboxylic acid groups (broad SMARTS) is 1. The summed E-state index contributed by atoms with van der Waals surface area (Å²) in [5.41, 5.74) is 5.00. The van der Waals surface area contributed by atoms with Gasteiger partial charge in [0.1, 0.15) is 0 Å². The van der Waals surface area contributed by atoms with Gasteiger partial charge in [0.25, 0.3) is 0 Å². The van der Waals surface area contributed by atoms with Crippen molar-refractivity contribution in [3.63, 3.8) is 0 Å². The van der Waals surface area contributed by atoms with E-state index < -0.39 is 23.7 Å². The molecular weight excluding hydrogens is 202 g/mol. The molecule has 0 aromatic carbocycles. The zero-order valence-corrected chi connectivity index (χ0v) is 8.45. The minimum Gasteiger partial charge on any atom is -0.481 e. The average Bonchev–Trinajstić information content (AvgIpc) is 2.21. The molecule has 0 heterocycles. The highest BCUT2D eigenvalue weighted by Crippen LogP contribution is 1.90. The SMILES string of the molecule is CC(CNC(=O)CNC(=O)CN)C(=O)O. The first kappa shape index (κ1) is 13.4. The third-order valence-corrected chi connectivity index (χ3v) is 1.66. The second kappa shape index (κ2) is 6.77. The van der Waals surface area contributed by atoms with Crippen molar-refractivity contribution in [1.82, 2.24) is 10.6 Å². The Morgan fingerprint density at radius 3 is 2.33 bits per heavy atom. The Morgan fingerprint density at radius 1 is 1.27 bits per heavy atom. The summed E-state index contributed by atoms with van der Waals surface area (Å²) >= 11 is 0. The summed E-state index contributed by atoms with van der Waals surface area (Å²) in [7, 11) is 0. The lowest BCUT2D eigenvalue weighted by atomic mass is 10.2. The highest BCUT2D eigenvalue weighted by Gasteiger charge is 2.12. The van der Waals surface area contributed by atoms with E-state index in [1.54, 1.807) is 0 Å². The van der Waals surface area contributed by atoms with Gasteiger partial charge in [-0.05, 0) is 0 Å². The lowest BCUT2D eigenvalue weighted by Gasteiger charge is -2.08. The van der Waals surface area contributed by atoms with E-state index in [1.165, 1.54) is 6.92 Å². The van der Waals surface area contributed by atoms with Crippen LogP contribution < -0.4 is 16.4 Å². The predicted molar refractivity (Wildman–Crippen MR) is 51.9 cm³/mol. The lowest BCUT2D eigenvalue weighted by Crippen LogP contribution is -2.41. The van der Waals surface area contributed by atoms with E-state index in [1.807, 2.05) is 0 Å². The largest absolute Gasteiger partial charge is 0.481 e. The van der Waals surface area contributed by atoms with Gasteiger partial charge in [0.05, 0.1) is 19.0 Å². The number of carbonyl (C=O) groups excluding carboxylic acids is 2. The van der Waals surface area contributed by atoms with Crippen LogP contribution in [0.3, 0.4) is 0 Å². The molecule has 0 rings (SSSR count). The number of hydrogen-bond donors (Lipinski definition) is 4. The van der Waals surface area contributed by atoms with Gasteiger partial charge in [0, 0.05) is 6.54 Å². The summed E-state index contributed by atoms with van der Waals surface area (Å²) in [5.74, 6) is -2.51. The summed E-state index contributed by atoms with van der Waals surface area (Å²) in [6.45, 7) is 1.13. The zero-order valence-electron chi connectivity index (χ0n) is 8.45. The predicted octanol–water partition coefficient (Wildman–Crippen LogP) is -2.10. The number of nitrogens with two attached hydrogens (primary N) is 1. The van der Waals surface area contributed by atoms with Gasteiger partial charge >= 0.3 is 5.97 Å². The lowest BCUT2D eigenvalue weighted by molar-refractivity contribution is -0.141. The molecule has 0 fully saturated rings. The minimum atomic E-state index is -0.985. The third kappa shape index (κ3) is 6.44. The average molecular weight is 217 g/mol. The summed E-state index contributed by atoms with van der Waals surface area (Å²) in [6.07, 6.45) is 0. The van der Waals surface area contributed by atoms with Crippen molar-refractivity contribution >= 4 is 17.8 Å². The molecular formula is C8H15N3O4. The normalized spacial score (nSPS) is 11.6. The number of carbonyl (C=O) groups is 3. The molecule has 0 radical (unpaired) electrons. The van der Waals surface area contributed by atoms with Crippen LogP contribution >= 0.6 is 0 Å². The first-order valence-corrected chi connectivity index (χ1v) is 4.43. The number of carboxylic acids is 1. The van der Waals surface area contributed by atoms with Gasteiger partial charge in [-0.1, -0.05) is 6.92 Å². The molecule has 1 unspecified atom stereocenters. The van der Waals surface area contributed by atoms with Gasteiger partial charge in [-0.25, -0.2) is 0 Å². The maximum atomic E-state index is 11.0. The van der Waals surface area contributed by atoms with E-state index in [4.69, 9.17) is 10.8 Å². The fourth-order valence-corrected chi connectivity index (χ4v) is 0.668. The van der Waals surface area contributed by atoms with Crippen molar-refractivity contribution in [3.05, 3.63) is 0 Å². The molecule has 0 aliphatic rings. The second-order valence-electron chi connectivity index (χ2n) is 3.02. The fraction of sp³-hybridized carbons (Fsp3) is 0.625. The number of nitrogens with one attached hydrogen (secondary N) is 2. The quantitative estimate of drug-likeness (QED) is 0.406. The maximum Gasteiger partial charge on any atom is 0.308 e. The van der Waals surface area contributed by atoms with E-state index in [-0.39, 0.29) is 19.6 Å². The van der Waals surface area contributed by atoms with E-state index in [0.29, 0.717) is 0 Å². The van der Waals surface area contributed by atoms with E-state index in [9.17, 15) is 14.4 Å². The van der Waals surface area contributed by atoms with Gasteiger partial charge in [-0.2, -0.15) is 0 Å². The fourth-order valence-electron chi connectivity index (χ4n) is 0.668. The highest BCUT2D eigenvalue weighted by molar-refractivity contribution is 5.85. The Morgan fingerprint density at radius 2 is 1.87 bits per heavy atom. The molecule has 0 aliphatic heterocycles. The van der Waals surface area contributed by atoms with Gasteiger partial charge < -0.3 is 21.5 Å². The van der Waals surface area contributed by atoms with Gasteiger partial charge in [-0.15, -0.1) is 0 Å². The topological polar surface area (TPSA) is 122 Å².